The monoisotopic (exact) mass is 548 g/mol. The van der Waals surface area contributed by atoms with Crippen LogP contribution in [0.25, 0.3) is 0 Å². The van der Waals surface area contributed by atoms with Crippen molar-refractivity contribution in [2.75, 3.05) is 11.9 Å². The minimum atomic E-state index is -4.62. The van der Waals surface area contributed by atoms with E-state index in [4.69, 9.17) is 46.4 Å². The first-order valence-electron chi connectivity index (χ1n) is 9.12. The normalized spacial score (nSPS) is 19.3. The molecule has 0 heterocycles. The van der Waals surface area contributed by atoms with E-state index in [9.17, 15) is 31.5 Å². The molecule has 2 amide bonds. The summed E-state index contributed by atoms with van der Waals surface area (Å²) in [4.78, 5) is 24.8. The summed E-state index contributed by atoms with van der Waals surface area (Å²) in [5, 5.41) is 4.02. The Kier molecular flexibility index (Phi) is 7.39. The number of carbonyl (C=O) groups excluding carboxylic acids is 2. The highest BCUT2D eigenvalue weighted by molar-refractivity contribution is 6.53. The van der Waals surface area contributed by atoms with Gasteiger partial charge in [-0.1, -0.05) is 23.2 Å². The van der Waals surface area contributed by atoms with E-state index in [0.717, 1.165) is 18.2 Å². The standard InChI is InChI=1S/C20H13Cl4F5N2O2/c21-10-4-8(3-9(5-10)16(25)26)14-15(20(14,23)24)18(33)31-11-1-2-13(22)12(6-11)17(32)30-7-19(27,28)29/h1-6,14-16H,7H2,(H,30,32)(H,31,33). The lowest BCUT2D eigenvalue weighted by Crippen LogP contribution is -2.33. The van der Waals surface area contributed by atoms with Crippen LogP contribution in [0.15, 0.2) is 36.4 Å². The molecule has 0 spiro atoms. The molecule has 1 fully saturated rings. The van der Waals surface area contributed by atoms with Gasteiger partial charge in [0.15, 0.2) is 0 Å². The molecule has 2 aromatic carbocycles. The molecule has 178 valence electrons. The highest BCUT2D eigenvalue weighted by atomic mass is 35.5. The summed E-state index contributed by atoms with van der Waals surface area (Å²) < 4.78 is 61.6. The van der Waals surface area contributed by atoms with E-state index in [1.807, 2.05) is 0 Å². The number of benzene rings is 2. The van der Waals surface area contributed by atoms with Gasteiger partial charge in [0, 0.05) is 22.2 Å². The van der Waals surface area contributed by atoms with Crippen molar-refractivity contribution in [3.63, 3.8) is 0 Å². The number of rotatable bonds is 6. The minimum absolute atomic E-state index is 0.0187. The third kappa shape index (κ3) is 6.01. The summed E-state index contributed by atoms with van der Waals surface area (Å²) in [5.41, 5.74) is -0.382. The van der Waals surface area contributed by atoms with Crippen LogP contribution in [-0.4, -0.2) is 28.9 Å². The van der Waals surface area contributed by atoms with Gasteiger partial charge in [-0.05, 0) is 42.0 Å². The Morgan fingerprint density at radius 1 is 1.06 bits per heavy atom. The Morgan fingerprint density at radius 2 is 1.73 bits per heavy atom. The van der Waals surface area contributed by atoms with Crippen molar-refractivity contribution in [2.45, 2.75) is 22.9 Å². The number of anilines is 1. The molecule has 2 unspecified atom stereocenters. The Morgan fingerprint density at radius 3 is 2.33 bits per heavy atom. The largest absolute Gasteiger partial charge is 0.405 e. The van der Waals surface area contributed by atoms with Gasteiger partial charge >= 0.3 is 6.18 Å². The number of hydrogen-bond donors (Lipinski definition) is 2. The van der Waals surface area contributed by atoms with Crippen molar-refractivity contribution in [1.82, 2.24) is 5.32 Å². The van der Waals surface area contributed by atoms with Crippen LogP contribution in [0, 0.1) is 5.92 Å². The zero-order chi connectivity index (χ0) is 24.7. The van der Waals surface area contributed by atoms with Crippen molar-refractivity contribution in [3.05, 3.63) is 63.1 Å². The minimum Gasteiger partial charge on any atom is -0.343 e. The van der Waals surface area contributed by atoms with Crippen LogP contribution in [0.2, 0.25) is 10.0 Å². The molecule has 0 saturated heterocycles. The van der Waals surface area contributed by atoms with Crippen molar-refractivity contribution in [1.29, 1.82) is 0 Å². The van der Waals surface area contributed by atoms with Gasteiger partial charge in [0.2, 0.25) is 5.91 Å². The lowest BCUT2D eigenvalue weighted by molar-refractivity contribution is -0.123. The Balaban J connectivity index is 1.77. The zero-order valence-electron chi connectivity index (χ0n) is 16.1. The first-order chi connectivity index (χ1) is 15.2. The number of alkyl halides is 7. The predicted molar refractivity (Wildman–Crippen MR) is 116 cm³/mol. The van der Waals surface area contributed by atoms with Gasteiger partial charge in [-0.2, -0.15) is 13.2 Å². The van der Waals surface area contributed by atoms with E-state index >= 15 is 0 Å². The Bertz CT molecular complexity index is 1090. The molecule has 0 aromatic heterocycles. The third-order valence-corrected chi connectivity index (χ3v) is 6.31. The fraction of sp³-hybridized carbons (Fsp3) is 0.300. The van der Waals surface area contributed by atoms with E-state index < -0.39 is 47.1 Å². The molecule has 0 bridgehead atoms. The van der Waals surface area contributed by atoms with E-state index in [2.05, 4.69) is 5.32 Å². The fourth-order valence-corrected chi connectivity index (χ4v) is 4.57. The summed E-state index contributed by atoms with van der Waals surface area (Å²) in [7, 11) is 0. The van der Waals surface area contributed by atoms with Gasteiger partial charge < -0.3 is 10.6 Å². The average Bonchev–Trinajstić information content (AvgIpc) is 3.28. The van der Waals surface area contributed by atoms with Gasteiger partial charge in [0.05, 0.1) is 16.5 Å². The Hall–Kier alpha value is -1.81. The van der Waals surface area contributed by atoms with Crippen molar-refractivity contribution in [3.8, 4) is 0 Å². The van der Waals surface area contributed by atoms with Crippen LogP contribution >= 0.6 is 46.4 Å². The molecule has 2 aromatic rings. The molecule has 2 atom stereocenters. The van der Waals surface area contributed by atoms with Crippen LogP contribution in [0.5, 0.6) is 0 Å². The van der Waals surface area contributed by atoms with Gasteiger partial charge in [0.25, 0.3) is 12.3 Å². The highest BCUT2D eigenvalue weighted by Gasteiger charge is 2.67. The van der Waals surface area contributed by atoms with E-state index in [1.165, 1.54) is 18.2 Å². The summed E-state index contributed by atoms with van der Waals surface area (Å²) in [5.74, 6) is -3.70. The van der Waals surface area contributed by atoms with Gasteiger partial charge in [0.1, 0.15) is 10.9 Å². The number of nitrogens with one attached hydrogen (secondary N) is 2. The zero-order valence-corrected chi connectivity index (χ0v) is 19.1. The molecular weight excluding hydrogens is 537 g/mol. The molecule has 0 radical (unpaired) electrons. The maximum absolute atomic E-state index is 13.1. The van der Waals surface area contributed by atoms with Gasteiger partial charge in [-0.3, -0.25) is 9.59 Å². The molecular formula is C20H13Cl4F5N2O2. The molecule has 1 aliphatic carbocycles. The van der Waals surface area contributed by atoms with Crippen molar-refractivity contribution >= 4 is 63.9 Å². The molecule has 0 aliphatic heterocycles. The second-order valence-electron chi connectivity index (χ2n) is 7.23. The van der Waals surface area contributed by atoms with Gasteiger partial charge in [-0.15, -0.1) is 23.2 Å². The first-order valence-corrected chi connectivity index (χ1v) is 10.6. The first kappa shape index (κ1) is 25.8. The van der Waals surface area contributed by atoms with Crippen LogP contribution in [0.1, 0.15) is 33.8 Å². The van der Waals surface area contributed by atoms with Crippen LogP contribution in [0.4, 0.5) is 27.6 Å². The van der Waals surface area contributed by atoms with Crippen molar-refractivity contribution < 1.29 is 31.5 Å². The Labute approximate surface area is 204 Å². The molecule has 3 rings (SSSR count). The summed E-state index contributed by atoms with van der Waals surface area (Å²) in [6.07, 6.45) is -7.42. The lowest BCUT2D eigenvalue weighted by Gasteiger charge is -2.11. The van der Waals surface area contributed by atoms with E-state index in [1.54, 1.807) is 5.32 Å². The molecule has 1 saturated carbocycles. The summed E-state index contributed by atoms with van der Waals surface area (Å²) in [6.45, 7) is -1.57. The molecule has 1 aliphatic rings. The predicted octanol–water partition coefficient (Wildman–Crippen LogP) is 6.75. The number of hydrogen-bond acceptors (Lipinski definition) is 2. The highest BCUT2D eigenvalue weighted by Crippen LogP contribution is 2.65. The van der Waals surface area contributed by atoms with Gasteiger partial charge in [-0.25, -0.2) is 8.78 Å². The van der Waals surface area contributed by atoms with Crippen LogP contribution in [0.3, 0.4) is 0 Å². The SMILES string of the molecule is O=C(NCC(F)(F)F)c1cc(NC(=O)C2C(c3cc(Cl)cc(C(F)F)c3)C2(Cl)Cl)ccc1Cl. The van der Waals surface area contributed by atoms with Crippen LogP contribution < -0.4 is 10.6 Å². The number of amides is 2. The molecule has 2 N–H and O–H groups in total. The molecule has 13 heteroatoms. The molecule has 4 nitrogen and oxygen atoms in total. The summed E-state index contributed by atoms with van der Waals surface area (Å²) >= 11 is 24.2. The molecule has 33 heavy (non-hydrogen) atoms. The number of carbonyl (C=O) groups is 2. The smallest absolute Gasteiger partial charge is 0.343 e. The summed E-state index contributed by atoms with van der Waals surface area (Å²) in [6, 6.07) is 7.22. The van der Waals surface area contributed by atoms with E-state index in [-0.39, 0.29) is 32.4 Å². The lowest BCUT2D eigenvalue weighted by atomic mass is 10.1. The fourth-order valence-electron chi connectivity index (χ4n) is 3.28. The second-order valence-corrected chi connectivity index (χ2v) is 9.52. The maximum atomic E-state index is 13.1. The van der Waals surface area contributed by atoms with E-state index in [0.29, 0.717) is 0 Å². The quantitative estimate of drug-likeness (QED) is 0.309. The van der Waals surface area contributed by atoms with Crippen LogP contribution in [-0.2, 0) is 4.79 Å². The second kappa shape index (κ2) is 9.44. The topological polar surface area (TPSA) is 58.2 Å². The third-order valence-electron chi connectivity index (χ3n) is 4.82. The maximum Gasteiger partial charge on any atom is 0.405 e. The number of halogens is 9. The van der Waals surface area contributed by atoms with Crippen molar-refractivity contribution in [2.24, 2.45) is 5.92 Å². The average molecular weight is 550 g/mol.